The molecule has 1 aliphatic rings. The van der Waals surface area contributed by atoms with Crippen LogP contribution in [0, 0.1) is 0 Å². The highest BCUT2D eigenvalue weighted by Gasteiger charge is 2.27. The molecule has 0 fully saturated rings. The van der Waals surface area contributed by atoms with Crippen molar-refractivity contribution in [3.63, 3.8) is 0 Å². The maximum absolute atomic E-state index is 12.4. The van der Waals surface area contributed by atoms with Gasteiger partial charge in [0, 0.05) is 12.6 Å². The fourth-order valence-electron chi connectivity index (χ4n) is 2.81. The van der Waals surface area contributed by atoms with E-state index in [-0.39, 0.29) is 12.5 Å². The third-order valence-corrected chi connectivity index (χ3v) is 4.09. The van der Waals surface area contributed by atoms with Crippen LogP contribution in [0.5, 0.6) is 5.75 Å². The highest BCUT2D eigenvalue weighted by molar-refractivity contribution is 6.35. The SMILES string of the molecule is CC(C)NCC(O)COc1cccc2c1/C(=C/c1ccccc1)C(=O)N2. The summed E-state index contributed by atoms with van der Waals surface area (Å²) in [5.74, 6) is 0.438. The molecular formula is C21H24N2O3. The van der Waals surface area contributed by atoms with Crippen LogP contribution >= 0.6 is 0 Å². The average Bonchev–Trinajstić information content (AvgIpc) is 2.95. The third kappa shape index (κ3) is 4.31. The molecule has 5 nitrogen and oxygen atoms in total. The molecule has 136 valence electrons. The standard InChI is InChI=1S/C21H24N2O3/c1-14(2)22-12-16(24)13-26-19-10-6-9-18-20(19)17(21(25)23-18)11-15-7-4-3-5-8-15/h3-11,14,16,22,24H,12-13H2,1-2H3,(H,23,25)/b17-11-. The predicted octanol–water partition coefficient (Wildman–Crippen LogP) is 2.92. The summed E-state index contributed by atoms with van der Waals surface area (Å²) in [4.78, 5) is 12.4. The molecule has 0 saturated heterocycles. The smallest absolute Gasteiger partial charge is 0.256 e. The van der Waals surface area contributed by atoms with Gasteiger partial charge in [0.2, 0.25) is 0 Å². The summed E-state index contributed by atoms with van der Waals surface area (Å²) in [6.45, 7) is 4.66. The number of hydrogen-bond donors (Lipinski definition) is 3. The van der Waals surface area contributed by atoms with Gasteiger partial charge < -0.3 is 20.5 Å². The Kier molecular flexibility index (Phi) is 5.71. The quantitative estimate of drug-likeness (QED) is 0.670. The molecule has 1 atom stereocenters. The lowest BCUT2D eigenvalue weighted by atomic mass is 10.0. The summed E-state index contributed by atoms with van der Waals surface area (Å²) in [6, 6.07) is 15.5. The van der Waals surface area contributed by atoms with Crippen molar-refractivity contribution in [2.24, 2.45) is 0 Å². The summed E-state index contributed by atoms with van der Waals surface area (Å²) in [5.41, 5.74) is 2.98. The lowest BCUT2D eigenvalue weighted by Crippen LogP contribution is -2.35. The molecule has 3 rings (SSSR count). The fraction of sp³-hybridized carbons (Fsp3) is 0.286. The van der Waals surface area contributed by atoms with Gasteiger partial charge in [-0.3, -0.25) is 4.79 Å². The number of amides is 1. The minimum absolute atomic E-state index is 0.151. The molecule has 0 saturated carbocycles. The molecule has 26 heavy (non-hydrogen) atoms. The Bertz CT molecular complexity index is 800. The van der Waals surface area contributed by atoms with E-state index in [1.54, 1.807) is 0 Å². The van der Waals surface area contributed by atoms with Crippen molar-refractivity contribution in [1.82, 2.24) is 5.32 Å². The van der Waals surface area contributed by atoms with Crippen LogP contribution < -0.4 is 15.4 Å². The van der Waals surface area contributed by atoms with Crippen molar-refractivity contribution in [1.29, 1.82) is 0 Å². The molecule has 0 aromatic heterocycles. The molecule has 1 heterocycles. The highest BCUT2D eigenvalue weighted by atomic mass is 16.5. The van der Waals surface area contributed by atoms with Crippen LogP contribution in [0.1, 0.15) is 25.0 Å². The molecule has 1 aliphatic heterocycles. The van der Waals surface area contributed by atoms with Crippen molar-refractivity contribution in [3.8, 4) is 5.75 Å². The van der Waals surface area contributed by atoms with Crippen LogP contribution in [0.15, 0.2) is 48.5 Å². The molecule has 3 N–H and O–H groups in total. The van der Waals surface area contributed by atoms with Crippen LogP contribution in [0.2, 0.25) is 0 Å². The van der Waals surface area contributed by atoms with Gasteiger partial charge in [0.15, 0.2) is 0 Å². The average molecular weight is 352 g/mol. The highest BCUT2D eigenvalue weighted by Crippen LogP contribution is 2.39. The van der Waals surface area contributed by atoms with Crippen LogP contribution in [0.25, 0.3) is 11.6 Å². The van der Waals surface area contributed by atoms with Gasteiger partial charge in [0.25, 0.3) is 5.91 Å². The number of carbonyl (C=O) groups is 1. The van der Waals surface area contributed by atoms with E-state index in [1.807, 2.05) is 68.5 Å². The van der Waals surface area contributed by atoms with Gasteiger partial charge in [-0.2, -0.15) is 0 Å². The lowest BCUT2D eigenvalue weighted by Gasteiger charge is -2.16. The predicted molar refractivity (Wildman–Crippen MR) is 104 cm³/mol. The summed E-state index contributed by atoms with van der Waals surface area (Å²) in [7, 11) is 0. The van der Waals surface area contributed by atoms with E-state index < -0.39 is 6.10 Å². The Morgan fingerprint density at radius 1 is 1.15 bits per heavy atom. The lowest BCUT2D eigenvalue weighted by molar-refractivity contribution is -0.110. The Morgan fingerprint density at radius 3 is 2.65 bits per heavy atom. The van der Waals surface area contributed by atoms with Gasteiger partial charge in [0.1, 0.15) is 18.5 Å². The monoisotopic (exact) mass is 352 g/mol. The maximum Gasteiger partial charge on any atom is 0.256 e. The first-order valence-corrected chi connectivity index (χ1v) is 8.80. The normalized spacial score (nSPS) is 15.8. The minimum atomic E-state index is -0.625. The van der Waals surface area contributed by atoms with E-state index in [9.17, 15) is 9.90 Å². The van der Waals surface area contributed by atoms with Gasteiger partial charge in [-0.05, 0) is 23.8 Å². The van der Waals surface area contributed by atoms with Gasteiger partial charge in [-0.25, -0.2) is 0 Å². The number of benzene rings is 2. The second kappa shape index (κ2) is 8.17. The number of hydrogen-bond acceptors (Lipinski definition) is 4. The molecule has 0 aliphatic carbocycles. The Morgan fingerprint density at radius 2 is 1.92 bits per heavy atom. The molecule has 0 bridgehead atoms. The maximum atomic E-state index is 12.4. The summed E-state index contributed by atoms with van der Waals surface area (Å²) < 4.78 is 5.84. The van der Waals surface area contributed by atoms with Crippen LogP contribution in [0.3, 0.4) is 0 Å². The number of anilines is 1. The van der Waals surface area contributed by atoms with Crippen LogP contribution in [-0.4, -0.2) is 36.3 Å². The molecule has 1 amide bonds. The van der Waals surface area contributed by atoms with Gasteiger partial charge >= 0.3 is 0 Å². The number of nitrogens with one attached hydrogen (secondary N) is 2. The topological polar surface area (TPSA) is 70.6 Å². The zero-order chi connectivity index (χ0) is 18.5. The first-order valence-electron chi connectivity index (χ1n) is 8.80. The summed E-state index contributed by atoms with van der Waals surface area (Å²) in [6.07, 6.45) is 1.23. The number of rotatable bonds is 7. The summed E-state index contributed by atoms with van der Waals surface area (Å²) in [5, 5.41) is 16.1. The van der Waals surface area contributed by atoms with E-state index in [4.69, 9.17) is 4.74 Å². The van der Waals surface area contributed by atoms with Crippen molar-refractivity contribution in [2.45, 2.75) is 26.0 Å². The number of fused-ring (bicyclic) bond motifs is 1. The van der Waals surface area contributed by atoms with E-state index >= 15 is 0 Å². The van der Waals surface area contributed by atoms with Crippen molar-refractivity contribution >= 4 is 23.2 Å². The molecular weight excluding hydrogens is 328 g/mol. The molecule has 2 aromatic rings. The fourth-order valence-corrected chi connectivity index (χ4v) is 2.81. The van der Waals surface area contributed by atoms with Crippen molar-refractivity contribution in [2.75, 3.05) is 18.5 Å². The first kappa shape index (κ1) is 18.2. The molecule has 2 aromatic carbocycles. The van der Waals surface area contributed by atoms with Crippen LogP contribution in [0.4, 0.5) is 5.69 Å². The molecule has 1 unspecified atom stereocenters. The largest absolute Gasteiger partial charge is 0.490 e. The summed E-state index contributed by atoms with van der Waals surface area (Å²) >= 11 is 0. The van der Waals surface area contributed by atoms with Gasteiger partial charge in [0.05, 0.1) is 16.8 Å². The number of aliphatic hydroxyl groups is 1. The zero-order valence-electron chi connectivity index (χ0n) is 15.0. The molecule has 0 spiro atoms. The van der Waals surface area contributed by atoms with Crippen molar-refractivity contribution in [3.05, 3.63) is 59.7 Å². The van der Waals surface area contributed by atoms with E-state index in [0.29, 0.717) is 23.9 Å². The van der Waals surface area contributed by atoms with Gasteiger partial charge in [-0.15, -0.1) is 0 Å². The molecule has 0 radical (unpaired) electrons. The molecule has 5 heteroatoms. The Balaban J connectivity index is 1.81. The zero-order valence-corrected chi connectivity index (χ0v) is 15.0. The Hall–Kier alpha value is -2.63. The minimum Gasteiger partial charge on any atom is -0.490 e. The number of aliphatic hydroxyl groups excluding tert-OH is 1. The van der Waals surface area contributed by atoms with E-state index in [0.717, 1.165) is 16.8 Å². The van der Waals surface area contributed by atoms with E-state index in [2.05, 4.69) is 10.6 Å². The first-order chi connectivity index (χ1) is 12.5. The van der Waals surface area contributed by atoms with E-state index in [1.165, 1.54) is 0 Å². The van der Waals surface area contributed by atoms with Gasteiger partial charge in [-0.1, -0.05) is 50.2 Å². The third-order valence-electron chi connectivity index (χ3n) is 4.09. The Labute approximate surface area is 153 Å². The number of carbonyl (C=O) groups excluding carboxylic acids is 1. The second-order valence-electron chi connectivity index (χ2n) is 6.63. The van der Waals surface area contributed by atoms with Crippen LogP contribution in [-0.2, 0) is 4.79 Å². The van der Waals surface area contributed by atoms with Crippen molar-refractivity contribution < 1.29 is 14.6 Å². The number of ether oxygens (including phenoxy) is 1. The second-order valence-corrected chi connectivity index (χ2v) is 6.63.